The van der Waals surface area contributed by atoms with Crippen LogP contribution in [0.5, 0.6) is 0 Å². The van der Waals surface area contributed by atoms with Gasteiger partial charge in [-0.1, -0.05) is 0 Å². The molecule has 0 aromatic heterocycles. The van der Waals surface area contributed by atoms with Crippen molar-refractivity contribution in [2.45, 2.75) is 0 Å². The van der Waals surface area contributed by atoms with Gasteiger partial charge < -0.3 is 16.4 Å². The molecule has 0 aromatic carbocycles. The summed E-state index contributed by atoms with van der Waals surface area (Å²) in [5.41, 5.74) is 0. The van der Waals surface area contributed by atoms with Crippen LogP contribution in [0.1, 0.15) is 0 Å². The van der Waals surface area contributed by atoms with E-state index in [0.717, 1.165) is 0 Å². The SMILES string of the molecule is O.O.O.[Na+].[O]=[Sb](=[O])[O-]. The molecule has 0 aliphatic rings. The number of hydrogen-bond acceptors (Lipinski definition) is 3. The van der Waals surface area contributed by atoms with Crippen molar-refractivity contribution >= 4 is 20.6 Å². The van der Waals surface area contributed by atoms with Crippen molar-refractivity contribution in [1.82, 2.24) is 0 Å². The van der Waals surface area contributed by atoms with Gasteiger partial charge in [-0.15, -0.1) is 0 Å². The van der Waals surface area contributed by atoms with Gasteiger partial charge in [-0.25, -0.2) is 0 Å². The zero-order valence-electron chi connectivity index (χ0n) is 4.17. The summed E-state index contributed by atoms with van der Waals surface area (Å²) < 4.78 is 25.8. The van der Waals surface area contributed by atoms with Crippen molar-refractivity contribution in [3.63, 3.8) is 0 Å². The van der Waals surface area contributed by atoms with Gasteiger partial charge in [0, 0.05) is 0 Å². The van der Waals surface area contributed by atoms with Crippen LogP contribution in [0, 0.1) is 0 Å². The average molecular weight is 247 g/mol. The Morgan fingerprint density at radius 2 is 1.00 bits per heavy atom. The zero-order chi connectivity index (χ0) is 3.58. The van der Waals surface area contributed by atoms with Crippen LogP contribution < -0.4 is 32.9 Å². The first-order valence-corrected chi connectivity index (χ1v) is 3.67. The minimum atomic E-state index is -4.20. The number of rotatable bonds is 0. The van der Waals surface area contributed by atoms with Crippen molar-refractivity contribution in [1.29, 1.82) is 0 Å². The molecule has 0 spiro atoms. The third kappa shape index (κ3) is 180. The summed E-state index contributed by atoms with van der Waals surface area (Å²) in [6.45, 7) is 0. The molecule has 0 radical (unpaired) electrons. The van der Waals surface area contributed by atoms with Gasteiger partial charge in [-0.3, -0.25) is 0 Å². The Balaban J connectivity index is -0.00000000750. The molecule has 0 aliphatic carbocycles. The van der Waals surface area contributed by atoms with Gasteiger partial charge in [-0.2, -0.15) is 0 Å². The molecule has 0 bridgehead atoms. The van der Waals surface area contributed by atoms with Gasteiger partial charge in [0.25, 0.3) is 0 Å². The Morgan fingerprint density at radius 1 is 1.00 bits per heavy atom. The van der Waals surface area contributed by atoms with E-state index in [4.69, 9.17) is 9.42 Å². The van der Waals surface area contributed by atoms with Crippen LogP contribution in [-0.4, -0.2) is 37.0 Å². The third-order valence-electron chi connectivity index (χ3n) is 0. The van der Waals surface area contributed by atoms with E-state index in [0.29, 0.717) is 0 Å². The third-order valence-corrected chi connectivity index (χ3v) is 0. The van der Waals surface area contributed by atoms with Crippen LogP contribution in [0.3, 0.4) is 0 Å². The fourth-order valence-corrected chi connectivity index (χ4v) is 0. The first-order chi connectivity index (χ1) is 1.73. The molecule has 8 heavy (non-hydrogen) atoms. The molecule has 0 fully saturated rings. The van der Waals surface area contributed by atoms with Crippen LogP contribution in [0.25, 0.3) is 0 Å². The molecule has 0 saturated carbocycles. The molecule has 0 aromatic rings. The van der Waals surface area contributed by atoms with Crippen molar-refractivity contribution in [2.24, 2.45) is 0 Å². The fourth-order valence-electron chi connectivity index (χ4n) is 0. The number of hydrogen-bond donors (Lipinski definition) is 0. The van der Waals surface area contributed by atoms with Crippen molar-refractivity contribution < 1.29 is 55.4 Å². The molecule has 0 amide bonds. The molecule has 0 saturated heterocycles. The normalized spacial score (nSPS) is 3.12. The monoisotopic (exact) mass is 246 g/mol. The summed E-state index contributed by atoms with van der Waals surface area (Å²) in [5.74, 6) is 0. The molecule has 0 unspecified atom stereocenters. The summed E-state index contributed by atoms with van der Waals surface area (Å²) in [6.07, 6.45) is 0. The first kappa shape index (κ1) is 34.8. The Bertz CT molecular complexity index is 56.9. The van der Waals surface area contributed by atoms with Gasteiger partial charge in [0.15, 0.2) is 0 Å². The van der Waals surface area contributed by atoms with Crippen LogP contribution in [0.4, 0.5) is 0 Å². The topological polar surface area (TPSA) is 152 Å². The van der Waals surface area contributed by atoms with E-state index in [9.17, 15) is 0 Å². The second-order valence-electron chi connectivity index (χ2n) is 0.224. The molecule has 6 nitrogen and oxygen atoms in total. The van der Waals surface area contributed by atoms with Crippen molar-refractivity contribution in [3.8, 4) is 0 Å². The van der Waals surface area contributed by atoms with E-state index in [1.807, 2.05) is 0 Å². The summed E-state index contributed by atoms with van der Waals surface area (Å²) in [4.78, 5) is 0. The van der Waals surface area contributed by atoms with Crippen molar-refractivity contribution in [2.75, 3.05) is 0 Å². The second-order valence-corrected chi connectivity index (χ2v) is 1.50. The maximum atomic E-state index is 8.60. The molecule has 0 heterocycles. The summed E-state index contributed by atoms with van der Waals surface area (Å²) in [5, 5.41) is 0. The molecule has 0 rings (SSSR count). The van der Waals surface area contributed by atoms with Crippen LogP contribution in [0.2, 0.25) is 0 Å². The second kappa shape index (κ2) is 24.0. The van der Waals surface area contributed by atoms with E-state index >= 15 is 0 Å². The van der Waals surface area contributed by atoms with E-state index in [1.165, 1.54) is 0 Å². The zero-order valence-corrected chi connectivity index (χ0v) is 8.72. The van der Waals surface area contributed by atoms with Gasteiger partial charge in [0.2, 0.25) is 0 Å². The van der Waals surface area contributed by atoms with E-state index in [2.05, 4.69) is 0 Å². The Labute approximate surface area is 75.4 Å². The Kier molecular flexibility index (Phi) is 104. The summed E-state index contributed by atoms with van der Waals surface area (Å²) in [7, 11) is 0. The van der Waals surface area contributed by atoms with E-state index in [1.54, 1.807) is 0 Å². The molecule has 0 aliphatic heterocycles. The predicted octanol–water partition coefficient (Wildman–Crippen LogP) is -7.28. The maximum absolute atomic E-state index is 8.60. The van der Waals surface area contributed by atoms with E-state index in [-0.39, 0.29) is 46.0 Å². The molecule has 0 atom stereocenters. The van der Waals surface area contributed by atoms with Gasteiger partial charge in [0.05, 0.1) is 0 Å². The summed E-state index contributed by atoms with van der Waals surface area (Å²) in [6, 6.07) is 0. The van der Waals surface area contributed by atoms with Crippen LogP contribution >= 0.6 is 0 Å². The fraction of sp³-hybridized carbons (Fsp3) is 0. The molecular formula is H6NaO6Sb. The Hall–Kier alpha value is 1.26. The van der Waals surface area contributed by atoms with Crippen LogP contribution in [-0.2, 0) is 6.03 Å². The molecule has 8 heteroatoms. The molecule has 48 valence electrons. The van der Waals surface area contributed by atoms with Gasteiger partial charge in [-0.05, 0) is 0 Å². The van der Waals surface area contributed by atoms with Crippen molar-refractivity contribution in [3.05, 3.63) is 0 Å². The van der Waals surface area contributed by atoms with Crippen LogP contribution in [0.15, 0.2) is 0 Å². The first-order valence-electron chi connectivity index (χ1n) is 0.548. The average Bonchev–Trinajstić information content (AvgIpc) is 0.811. The standard InChI is InChI=1S/Na.3H2O.3O.Sb/h;3*1H2;;;;/q+1;;;;;;-1;. The minimum absolute atomic E-state index is 0. The van der Waals surface area contributed by atoms with Gasteiger partial charge in [0.1, 0.15) is 0 Å². The quantitative estimate of drug-likeness (QED) is 0.390. The molecular weight excluding hydrogens is 241 g/mol. The molecule has 6 N–H and O–H groups in total. The van der Waals surface area contributed by atoms with Gasteiger partial charge >= 0.3 is 59.6 Å². The predicted molar refractivity (Wildman–Crippen MR) is 18.0 cm³/mol. The van der Waals surface area contributed by atoms with E-state index < -0.39 is 20.6 Å². The Morgan fingerprint density at radius 3 is 1.00 bits per heavy atom. The summed E-state index contributed by atoms with van der Waals surface area (Å²) >= 11 is -4.20.